The molecule has 6 heteroatoms. The molecule has 0 amide bonds. The van der Waals surface area contributed by atoms with Gasteiger partial charge in [-0.15, -0.1) is 0 Å². The Hall–Kier alpha value is -1.47. The van der Waals surface area contributed by atoms with Crippen LogP contribution >= 0.6 is 15.9 Å². The van der Waals surface area contributed by atoms with Gasteiger partial charge in [0.2, 0.25) is 0 Å². The molecule has 2 aromatic rings. The van der Waals surface area contributed by atoms with Crippen LogP contribution in [0.15, 0.2) is 46.9 Å². The minimum atomic E-state index is -2.25. The van der Waals surface area contributed by atoms with E-state index in [0.29, 0.717) is 10.2 Å². The molecule has 0 fully saturated rings. The van der Waals surface area contributed by atoms with E-state index in [0.717, 1.165) is 5.56 Å². The molecule has 0 aliphatic heterocycles. The van der Waals surface area contributed by atoms with E-state index in [4.69, 9.17) is 7.48 Å². The number of aliphatic hydroxyl groups is 1. The molecule has 2 aromatic carbocycles. The molecule has 0 aliphatic carbocycles. The number of benzene rings is 2. The maximum absolute atomic E-state index is 13.5. The highest BCUT2D eigenvalue weighted by Crippen LogP contribution is 2.26. The monoisotopic (exact) mass is 371 g/mol. The first-order valence-corrected chi connectivity index (χ1v) is 7.49. The van der Waals surface area contributed by atoms with Gasteiger partial charge in [-0.2, -0.15) is 0 Å². The van der Waals surface area contributed by atoms with Gasteiger partial charge in [-0.05, 0) is 21.5 Å². The van der Waals surface area contributed by atoms with E-state index in [2.05, 4.69) is 27.0 Å². The molecule has 0 aromatic heterocycles. The van der Waals surface area contributed by atoms with Gasteiger partial charge in [0.25, 0.3) is 0 Å². The van der Waals surface area contributed by atoms with Crippen molar-refractivity contribution in [2.75, 3.05) is 18.4 Å². The first kappa shape index (κ1) is 14.1. The zero-order valence-electron chi connectivity index (χ0n) is 13.9. The number of quaternary nitrogens is 1. The average molecular weight is 372 g/mol. The van der Waals surface area contributed by atoms with Crippen LogP contribution in [-0.4, -0.2) is 24.3 Å². The van der Waals surface area contributed by atoms with E-state index >= 15 is 0 Å². The number of ether oxygens (including phenoxy) is 1. The zero-order valence-corrected chi connectivity index (χ0v) is 13.4. The molecule has 0 bridgehead atoms. The number of halogens is 2. The van der Waals surface area contributed by atoms with E-state index in [9.17, 15) is 9.50 Å². The molecular weight excluding hydrogens is 351 g/mol. The molecule has 5 N–H and O–H groups in total. The molecule has 0 saturated heterocycles. The zero-order chi connectivity index (χ0) is 17.7. The van der Waals surface area contributed by atoms with E-state index in [-0.39, 0.29) is 18.8 Å². The summed E-state index contributed by atoms with van der Waals surface area (Å²) in [5.74, 6) is -0.487. The minimum absolute atomic E-state index is 0.0411. The summed E-state index contributed by atoms with van der Waals surface area (Å²) < 4.78 is 35.0. The van der Waals surface area contributed by atoms with Crippen LogP contribution in [0, 0.1) is 5.82 Å². The lowest BCUT2D eigenvalue weighted by Crippen LogP contribution is -2.41. The fourth-order valence-corrected chi connectivity index (χ4v) is 2.30. The summed E-state index contributed by atoms with van der Waals surface area (Å²) in [6.45, 7) is -2.35. The van der Waals surface area contributed by atoms with E-state index in [1.54, 1.807) is 12.1 Å². The lowest BCUT2D eigenvalue weighted by atomic mass is 10.2. The largest absolute Gasteiger partial charge is 0.389 e. The third-order valence-electron chi connectivity index (χ3n) is 2.92. The van der Waals surface area contributed by atoms with Gasteiger partial charge in [-0.1, -0.05) is 30.3 Å². The average Bonchev–Trinajstić information content (AvgIpc) is 2.56. The smallest absolute Gasteiger partial charge is 0.185 e. The number of aliphatic hydroxyl groups excluding tert-OH is 1. The minimum Gasteiger partial charge on any atom is -0.389 e. The van der Waals surface area contributed by atoms with E-state index < -0.39 is 18.5 Å². The second kappa shape index (κ2) is 8.24. The van der Waals surface area contributed by atoms with Gasteiger partial charge in [0.15, 0.2) is 11.5 Å². The molecule has 118 valence electrons. The maximum Gasteiger partial charge on any atom is 0.185 e. The van der Waals surface area contributed by atoms with Crippen molar-refractivity contribution in [3.63, 3.8) is 0 Å². The van der Waals surface area contributed by atoms with Crippen molar-refractivity contribution in [1.29, 1.82) is 0 Å². The van der Waals surface area contributed by atoms with E-state index in [1.807, 2.05) is 18.2 Å². The van der Waals surface area contributed by atoms with Crippen LogP contribution in [0.25, 0.3) is 0 Å². The van der Waals surface area contributed by atoms with Crippen LogP contribution in [0.2, 0.25) is 0 Å². The van der Waals surface area contributed by atoms with Crippen molar-refractivity contribution in [1.82, 2.24) is 0 Å². The van der Waals surface area contributed by atoms with Gasteiger partial charge in [0, 0.05) is 23.2 Å². The second-order valence-corrected chi connectivity index (χ2v) is 5.57. The third kappa shape index (κ3) is 5.06. The summed E-state index contributed by atoms with van der Waals surface area (Å²) in [5, 5.41) is 12.8. The van der Waals surface area contributed by atoms with Crippen LogP contribution < -0.4 is 11.1 Å². The van der Waals surface area contributed by atoms with Crippen LogP contribution in [0.3, 0.4) is 0 Å². The standard InChI is InChI=1S/C16H18BrFN2O2/c17-13-6-15(19)14(18)7-16(13)20-8-12(21)10-22-9-11-4-2-1-3-5-11/h1-7,12,20-21H,8-10,19H2/p+1/i10D2. The van der Waals surface area contributed by atoms with Crippen LogP contribution in [0.1, 0.15) is 8.30 Å². The van der Waals surface area contributed by atoms with Crippen LogP contribution in [-0.2, 0) is 11.3 Å². The highest BCUT2D eigenvalue weighted by Gasteiger charge is 2.10. The molecule has 4 nitrogen and oxygen atoms in total. The molecule has 0 heterocycles. The Kier molecular flexibility index (Phi) is 5.30. The highest BCUT2D eigenvalue weighted by atomic mass is 79.9. The number of rotatable bonds is 7. The first-order valence-electron chi connectivity index (χ1n) is 7.70. The number of hydrogen-bond acceptors (Lipinski definition) is 3. The van der Waals surface area contributed by atoms with Crippen molar-refractivity contribution < 1.29 is 22.7 Å². The van der Waals surface area contributed by atoms with E-state index in [1.165, 1.54) is 12.1 Å². The Bertz CT molecular complexity index is 689. The topological polar surface area (TPSA) is 69.1 Å². The van der Waals surface area contributed by atoms with Gasteiger partial charge in [0.05, 0.1) is 27.7 Å². The highest BCUT2D eigenvalue weighted by molar-refractivity contribution is 9.10. The SMILES string of the molecule is [2H]C([2H])(OCc1ccccc1)C(O)CNc1cc(F)c([NH3+])cc1Br. The summed E-state index contributed by atoms with van der Waals surface area (Å²) in [7, 11) is 0. The molecule has 1 unspecified atom stereocenters. The molecule has 0 radical (unpaired) electrons. The van der Waals surface area contributed by atoms with Crippen LogP contribution in [0.4, 0.5) is 15.8 Å². The quantitative estimate of drug-likeness (QED) is 0.699. The Balaban J connectivity index is 1.93. The molecule has 0 saturated carbocycles. The summed E-state index contributed by atoms with van der Waals surface area (Å²) in [5.41, 5.74) is 5.00. The van der Waals surface area contributed by atoms with Crippen molar-refractivity contribution in [2.45, 2.75) is 12.7 Å². The lowest BCUT2D eigenvalue weighted by Gasteiger charge is -2.14. The lowest BCUT2D eigenvalue weighted by molar-refractivity contribution is -0.258. The Morgan fingerprint density at radius 3 is 2.82 bits per heavy atom. The normalized spacial score (nSPS) is 14.2. The van der Waals surface area contributed by atoms with Gasteiger partial charge < -0.3 is 20.9 Å². The molecule has 1 atom stereocenters. The van der Waals surface area contributed by atoms with Crippen molar-refractivity contribution in [2.24, 2.45) is 0 Å². The summed E-state index contributed by atoms with van der Waals surface area (Å²) >= 11 is 3.27. The molecule has 0 spiro atoms. The summed E-state index contributed by atoms with van der Waals surface area (Å²) in [6, 6.07) is 11.9. The van der Waals surface area contributed by atoms with Crippen molar-refractivity contribution in [3.05, 3.63) is 58.3 Å². The second-order valence-electron chi connectivity index (χ2n) is 4.71. The van der Waals surface area contributed by atoms with Crippen molar-refractivity contribution >= 4 is 27.3 Å². The van der Waals surface area contributed by atoms with Gasteiger partial charge >= 0.3 is 0 Å². The molecule has 0 aliphatic rings. The third-order valence-corrected chi connectivity index (χ3v) is 3.58. The predicted molar refractivity (Wildman–Crippen MR) is 87.2 cm³/mol. The summed E-state index contributed by atoms with van der Waals surface area (Å²) in [6.07, 6.45) is -1.43. The predicted octanol–water partition coefficient (Wildman–Crippen LogP) is 2.45. The van der Waals surface area contributed by atoms with Crippen molar-refractivity contribution in [3.8, 4) is 0 Å². The Labute approximate surface area is 140 Å². The molecule has 22 heavy (non-hydrogen) atoms. The number of anilines is 1. The maximum atomic E-state index is 13.5. The number of nitrogens with one attached hydrogen (secondary N) is 1. The Morgan fingerprint density at radius 2 is 2.09 bits per heavy atom. The fraction of sp³-hybridized carbons (Fsp3) is 0.250. The molecular formula is C16H19BrFN2O2+. The molecule has 2 rings (SSSR count). The number of hydrogen-bond donors (Lipinski definition) is 3. The van der Waals surface area contributed by atoms with Gasteiger partial charge in [-0.3, -0.25) is 0 Å². The summed E-state index contributed by atoms with van der Waals surface area (Å²) in [4.78, 5) is 0. The van der Waals surface area contributed by atoms with Gasteiger partial charge in [0.1, 0.15) is 0 Å². The van der Waals surface area contributed by atoms with Gasteiger partial charge in [-0.25, -0.2) is 4.39 Å². The fourth-order valence-electron chi connectivity index (χ4n) is 1.77. The van der Waals surface area contributed by atoms with Crippen LogP contribution in [0.5, 0.6) is 0 Å². The first-order chi connectivity index (χ1) is 11.3. The Morgan fingerprint density at radius 1 is 1.36 bits per heavy atom.